The zero-order valence-corrected chi connectivity index (χ0v) is 14.4. The maximum Gasteiger partial charge on any atom is 0.327 e. The molecular weight excluding hydrogens is 328 g/mol. The molecule has 1 N–H and O–H groups in total. The molecule has 26 heavy (non-hydrogen) atoms. The number of pyridine rings is 1. The highest BCUT2D eigenvalue weighted by Crippen LogP contribution is 2.26. The molecule has 4 aromatic rings. The van der Waals surface area contributed by atoms with Gasteiger partial charge in [0.15, 0.2) is 11.5 Å². The molecule has 0 radical (unpaired) electrons. The van der Waals surface area contributed by atoms with Gasteiger partial charge in [0.2, 0.25) is 0 Å². The fourth-order valence-electron chi connectivity index (χ4n) is 3.96. The maximum absolute atomic E-state index is 12.4. The Kier molecular flexibility index (Phi) is 3.58. The molecule has 0 spiro atoms. The largest absolute Gasteiger partial charge is 0.327 e. The Morgan fingerprint density at radius 3 is 2.88 bits per heavy atom. The van der Waals surface area contributed by atoms with E-state index in [2.05, 4.69) is 15.0 Å². The first-order valence-electron chi connectivity index (χ1n) is 9.17. The zero-order chi connectivity index (χ0) is 17.5. The van der Waals surface area contributed by atoms with Gasteiger partial charge in [0, 0.05) is 12.7 Å². The molecule has 0 saturated heterocycles. The molecule has 7 heteroatoms. The van der Waals surface area contributed by atoms with Crippen LogP contribution >= 0.6 is 0 Å². The Balaban J connectivity index is 1.60. The van der Waals surface area contributed by atoms with Crippen LogP contribution in [0.1, 0.15) is 32.1 Å². The smallest absolute Gasteiger partial charge is 0.303 e. The summed E-state index contributed by atoms with van der Waals surface area (Å²) < 4.78 is 3.73. The van der Waals surface area contributed by atoms with Crippen LogP contribution in [-0.2, 0) is 6.54 Å². The van der Waals surface area contributed by atoms with E-state index in [-0.39, 0.29) is 5.69 Å². The summed E-state index contributed by atoms with van der Waals surface area (Å²) >= 11 is 0. The predicted octanol–water partition coefficient (Wildman–Crippen LogP) is 3.01. The van der Waals surface area contributed by atoms with Crippen LogP contribution in [0.3, 0.4) is 0 Å². The quantitative estimate of drug-likeness (QED) is 0.617. The van der Waals surface area contributed by atoms with Gasteiger partial charge < -0.3 is 4.98 Å². The molecule has 0 aromatic carbocycles. The number of nitrogens with zero attached hydrogens (tertiary/aromatic N) is 5. The van der Waals surface area contributed by atoms with Crippen LogP contribution in [0.15, 0.2) is 41.6 Å². The summed E-state index contributed by atoms with van der Waals surface area (Å²) in [7, 11) is 0. The normalized spacial score (nSPS) is 15.8. The summed E-state index contributed by atoms with van der Waals surface area (Å²) in [6, 6.07) is 5.84. The third kappa shape index (κ3) is 2.51. The minimum absolute atomic E-state index is 0.102. The van der Waals surface area contributed by atoms with Gasteiger partial charge in [-0.25, -0.2) is 19.7 Å². The summed E-state index contributed by atoms with van der Waals surface area (Å²) in [5.74, 6) is 1.13. The van der Waals surface area contributed by atoms with Crippen molar-refractivity contribution < 1.29 is 0 Å². The third-order valence-corrected chi connectivity index (χ3v) is 5.32. The van der Waals surface area contributed by atoms with Gasteiger partial charge in [-0.15, -0.1) is 0 Å². The van der Waals surface area contributed by atoms with E-state index in [4.69, 9.17) is 4.98 Å². The van der Waals surface area contributed by atoms with Crippen molar-refractivity contribution in [2.24, 2.45) is 5.92 Å². The highest BCUT2D eigenvalue weighted by molar-refractivity contribution is 5.72. The molecule has 1 aliphatic rings. The molecular formula is C19H20N6O. The molecule has 0 atom stereocenters. The standard InChI is InChI=1S/C19H20N6O/c26-19-22-14-10-21-17(15-11-20-16-8-4-5-9-24(15)16)23-18(14)25(19)12-13-6-2-1-3-7-13/h4-5,8-11,13H,1-3,6-7,12H2,(H,22,26). The molecule has 1 saturated carbocycles. The highest BCUT2D eigenvalue weighted by Gasteiger charge is 2.18. The molecule has 4 aromatic heterocycles. The lowest BCUT2D eigenvalue weighted by Gasteiger charge is -2.21. The number of H-pyrrole nitrogens is 1. The molecule has 0 unspecified atom stereocenters. The number of hydrogen-bond donors (Lipinski definition) is 1. The number of hydrogen-bond acceptors (Lipinski definition) is 4. The lowest BCUT2D eigenvalue weighted by Crippen LogP contribution is -2.23. The second kappa shape index (κ2) is 6.09. The van der Waals surface area contributed by atoms with Gasteiger partial charge in [0.1, 0.15) is 16.9 Å². The summed E-state index contributed by atoms with van der Waals surface area (Å²) in [4.78, 5) is 28.9. The molecule has 132 valence electrons. The Morgan fingerprint density at radius 1 is 1.12 bits per heavy atom. The fraction of sp³-hybridized carbons (Fsp3) is 0.368. The van der Waals surface area contributed by atoms with Crippen molar-refractivity contribution in [2.45, 2.75) is 38.6 Å². The van der Waals surface area contributed by atoms with Crippen molar-refractivity contribution in [1.29, 1.82) is 0 Å². The van der Waals surface area contributed by atoms with Gasteiger partial charge in [0.05, 0.1) is 12.4 Å². The Labute approximate surface area is 149 Å². The van der Waals surface area contributed by atoms with Crippen LogP contribution in [0.5, 0.6) is 0 Å². The van der Waals surface area contributed by atoms with Crippen LogP contribution < -0.4 is 5.69 Å². The van der Waals surface area contributed by atoms with Crippen molar-refractivity contribution in [3.8, 4) is 11.5 Å². The van der Waals surface area contributed by atoms with E-state index in [0.717, 1.165) is 17.9 Å². The number of nitrogens with one attached hydrogen (secondary N) is 1. The van der Waals surface area contributed by atoms with Crippen molar-refractivity contribution in [2.75, 3.05) is 0 Å². The van der Waals surface area contributed by atoms with E-state index >= 15 is 0 Å². The molecule has 7 nitrogen and oxygen atoms in total. The predicted molar refractivity (Wildman–Crippen MR) is 98.9 cm³/mol. The molecule has 0 aliphatic heterocycles. The van der Waals surface area contributed by atoms with Gasteiger partial charge in [-0.05, 0) is 30.9 Å². The van der Waals surface area contributed by atoms with E-state index in [1.54, 1.807) is 17.0 Å². The minimum atomic E-state index is -0.102. The van der Waals surface area contributed by atoms with Gasteiger partial charge in [-0.1, -0.05) is 25.3 Å². The van der Waals surface area contributed by atoms with Gasteiger partial charge in [0.25, 0.3) is 0 Å². The second-order valence-corrected chi connectivity index (χ2v) is 7.05. The first-order valence-corrected chi connectivity index (χ1v) is 9.17. The first-order chi connectivity index (χ1) is 12.8. The average molecular weight is 348 g/mol. The van der Waals surface area contributed by atoms with E-state index in [9.17, 15) is 4.79 Å². The summed E-state index contributed by atoms with van der Waals surface area (Å²) in [6.45, 7) is 0.725. The molecule has 5 rings (SSSR count). The van der Waals surface area contributed by atoms with Gasteiger partial charge >= 0.3 is 5.69 Å². The van der Waals surface area contributed by atoms with Crippen LogP contribution in [0.25, 0.3) is 28.3 Å². The van der Waals surface area contributed by atoms with E-state index in [0.29, 0.717) is 22.9 Å². The molecule has 1 fully saturated rings. The lowest BCUT2D eigenvalue weighted by atomic mass is 9.89. The highest BCUT2D eigenvalue weighted by atomic mass is 16.1. The lowest BCUT2D eigenvalue weighted by molar-refractivity contribution is 0.319. The van der Waals surface area contributed by atoms with Crippen LogP contribution in [0.2, 0.25) is 0 Å². The van der Waals surface area contributed by atoms with Crippen LogP contribution in [0, 0.1) is 5.92 Å². The Hall–Kier alpha value is -2.96. The monoisotopic (exact) mass is 348 g/mol. The average Bonchev–Trinajstić information content (AvgIpc) is 3.24. The SMILES string of the molecule is O=c1[nH]c2cnc(-c3cnc4ccccn34)nc2n1CC1CCCCC1. The summed E-state index contributed by atoms with van der Waals surface area (Å²) in [5, 5.41) is 0. The summed E-state index contributed by atoms with van der Waals surface area (Å²) in [6.07, 6.45) is 11.6. The number of rotatable bonds is 3. The van der Waals surface area contributed by atoms with Gasteiger partial charge in [-0.3, -0.25) is 8.97 Å². The molecule has 1 aliphatic carbocycles. The minimum Gasteiger partial charge on any atom is -0.303 e. The number of aromatic amines is 1. The molecule has 0 bridgehead atoms. The van der Waals surface area contributed by atoms with Crippen LogP contribution in [-0.4, -0.2) is 28.9 Å². The van der Waals surface area contributed by atoms with E-state index < -0.39 is 0 Å². The third-order valence-electron chi connectivity index (χ3n) is 5.32. The van der Waals surface area contributed by atoms with Crippen molar-refractivity contribution >= 4 is 16.8 Å². The topological polar surface area (TPSA) is 80.9 Å². The van der Waals surface area contributed by atoms with E-state index in [1.807, 2.05) is 28.8 Å². The Bertz CT molecular complexity index is 1130. The Morgan fingerprint density at radius 2 is 2.00 bits per heavy atom. The number of fused-ring (bicyclic) bond motifs is 2. The molecule has 0 amide bonds. The van der Waals surface area contributed by atoms with E-state index in [1.165, 1.54) is 32.1 Å². The second-order valence-electron chi connectivity index (χ2n) is 7.05. The van der Waals surface area contributed by atoms with Gasteiger partial charge in [-0.2, -0.15) is 0 Å². The van der Waals surface area contributed by atoms with Crippen LogP contribution in [0.4, 0.5) is 0 Å². The number of aromatic nitrogens is 6. The van der Waals surface area contributed by atoms with Crippen molar-refractivity contribution in [3.05, 3.63) is 47.3 Å². The number of imidazole rings is 2. The fourth-order valence-corrected chi connectivity index (χ4v) is 3.96. The zero-order valence-electron chi connectivity index (χ0n) is 14.4. The van der Waals surface area contributed by atoms with Crippen molar-refractivity contribution in [1.82, 2.24) is 28.9 Å². The first kappa shape index (κ1) is 15.3. The summed E-state index contributed by atoms with van der Waals surface area (Å²) in [5.41, 5.74) is 2.93. The van der Waals surface area contributed by atoms with Crippen molar-refractivity contribution in [3.63, 3.8) is 0 Å². The molecule has 4 heterocycles. The maximum atomic E-state index is 12.4.